The van der Waals surface area contributed by atoms with Crippen LogP contribution in [0.5, 0.6) is 0 Å². The minimum atomic E-state index is 0.0867. The Kier molecular flexibility index (Phi) is 4.69. The van der Waals surface area contributed by atoms with Crippen molar-refractivity contribution >= 4 is 0 Å². The van der Waals surface area contributed by atoms with Gasteiger partial charge in [-0.25, -0.2) is 9.67 Å². The molecule has 0 radical (unpaired) electrons. The van der Waals surface area contributed by atoms with Gasteiger partial charge < -0.3 is 5.11 Å². The Hall–Kier alpha value is -0.900. The number of aromatic nitrogens is 3. The van der Waals surface area contributed by atoms with Gasteiger partial charge in [0.25, 0.3) is 0 Å². The molecule has 0 saturated carbocycles. The fraction of sp³-hybridized carbons (Fsp3) is 0.846. The van der Waals surface area contributed by atoms with Crippen LogP contribution in [0.2, 0.25) is 0 Å². The van der Waals surface area contributed by atoms with Gasteiger partial charge in [0.2, 0.25) is 0 Å². The van der Waals surface area contributed by atoms with Gasteiger partial charge in [0, 0.05) is 19.6 Å². The normalized spacial score (nSPS) is 14.3. The number of hydrogen-bond donors (Lipinski definition) is 1. The van der Waals surface area contributed by atoms with Crippen molar-refractivity contribution < 1.29 is 5.11 Å². The van der Waals surface area contributed by atoms with Gasteiger partial charge in [-0.1, -0.05) is 34.6 Å². The Labute approximate surface area is 104 Å². The molecule has 17 heavy (non-hydrogen) atoms. The highest BCUT2D eigenvalue weighted by Crippen LogP contribution is 2.28. The number of hydrogen-bond acceptors (Lipinski definition) is 3. The highest BCUT2D eigenvalue weighted by atomic mass is 16.3. The van der Waals surface area contributed by atoms with E-state index >= 15 is 0 Å². The second-order valence-corrected chi connectivity index (χ2v) is 6.20. The molecule has 1 aromatic heterocycles. The fourth-order valence-corrected chi connectivity index (χ4v) is 1.81. The lowest BCUT2D eigenvalue weighted by Crippen LogP contribution is -2.27. The molecule has 1 heterocycles. The Morgan fingerprint density at radius 2 is 2.00 bits per heavy atom. The van der Waals surface area contributed by atoms with Crippen molar-refractivity contribution in [2.24, 2.45) is 17.3 Å². The summed E-state index contributed by atoms with van der Waals surface area (Å²) >= 11 is 0. The van der Waals surface area contributed by atoms with Crippen molar-refractivity contribution in [3.05, 3.63) is 12.2 Å². The van der Waals surface area contributed by atoms with E-state index in [-0.39, 0.29) is 17.9 Å². The minimum Gasteiger partial charge on any atom is -0.396 e. The van der Waals surface area contributed by atoms with E-state index in [2.05, 4.69) is 44.7 Å². The first kappa shape index (κ1) is 14.2. The summed E-state index contributed by atoms with van der Waals surface area (Å²) in [6, 6.07) is 0. The van der Waals surface area contributed by atoms with Gasteiger partial charge in [0.1, 0.15) is 12.2 Å². The summed E-state index contributed by atoms with van der Waals surface area (Å²) in [5.74, 6) is 1.75. The zero-order chi connectivity index (χ0) is 13.1. The molecule has 4 heteroatoms. The van der Waals surface area contributed by atoms with Gasteiger partial charge in [-0.2, -0.15) is 5.10 Å². The first-order valence-corrected chi connectivity index (χ1v) is 6.32. The zero-order valence-electron chi connectivity index (χ0n) is 11.6. The largest absolute Gasteiger partial charge is 0.396 e. The minimum absolute atomic E-state index is 0.0867. The second kappa shape index (κ2) is 5.63. The van der Waals surface area contributed by atoms with Crippen molar-refractivity contribution in [3.8, 4) is 0 Å². The average molecular weight is 239 g/mol. The number of rotatable bonds is 5. The third-order valence-corrected chi connectivity index (χ3v) is 3.11. The summed E-state index contributed by atoms with van der Waals surface area (Å²) in [4.78, 5) is 4.31. The lowest BCUT2D eigenvalue weighted by atomic mass is 9.79. The van der Waals surface area contributed by atoms with Crippen LogP contribution in [0.3, 0.4) is 0 Å². The van der Waals surface area contributed by atoms with E-state index in [1.54, 1.807) is 6.33 Å². The van der Waals surface area contributed by atoms with Crippen molar-refractivity contribution in [3.63, 3.8) is 0 Å². The SMILES string of the molecule is CC(C)Cn1ncnc1CC(CO)C(C)(C)C. The van der Waals surface area contributed by atoms with Crippen LogP contribution >= 0.6 is 0 Å². The van der Waals surface area contributed by atoms with Crippen LogP contribution in [0.15, 0.2) is 6.33 Å². The van der Waals surface area contributed by atoms with Crippen LogP contribution in [0.25, 0.3) is 0 Å². The molecule has 0 spiro atoms. The number of aliphatic hydroxyl groups excluding tert-OH is 1. The molecule has 98 valence electrons. The molecule has 1 N–H and O–H groups in total. The highest BCUT2D eigenvalue weighted by Gasteiger charge is 2.25. The van der Waals surface area contributed by atoms with Crippen LogP contribution in [-0.2, 0) is 13.0 Å². The van der Waals surface area contributed by atoms with E-state index in [1.807, 2.05) is 4.68 Å². The second-order valence-electron chi connectivity index (χ2n) is 6.20. The quantitative estimate of drug-likeness (QED) is 0.856. The molecule has 0 aliphatic heterocycles. The molecule has 0 fully saturated rings. The maximum absolute atomic E-state index is 9.48. The van der Waals surface area contributed by atoms with Crippen LogP contribution in [0, 0.1) is 17.3 Å². The lowest BCUT2D eigenvalue weighted by Gasteiger charge is -2.28. The maximum Gasteiger partial charge on any atom is 0.138 e. The first-order chi connectivity index (χ1) is 7.84. The summed E-state index contributed by atoms with van der Waals surface area (Å²) in [7, 11) is 0. The topological polar surface area (TPSA) is 50.9 Å². The summed E-state index contributed by atoms with van der Waals surface area (Å²) < 4.78 is 1.96. The third kappa shape index (κ3) is 4.11. The molecule has 0 aliphatic rings. The number of nitrogens with zero attached hydrogens (tertiary/aromatic N) is 3. The van der Waals surface area contributed by atoms with Crippen LogP contribution in [0.4, 0.5) is 0 Å². The van der Waals surface area contributed by atoms with Crippen molar-refractivity contribution in [1.82, 2.24) is 14.8 Å². The summed E-state index contributed by atoms with van der Waals surface area (Å²) in [5.41, 5.74) is 0.0867. The molecule has 0 bridgehead atoms. The Bertz CT molecular complexity index is 339. The van der Waals surface area contributed by atoms with Crippen molar-refractivity contribution in [1.29, 1.82) is 0 Å². The van der Waals surface area contributed by atoms with Crippen molar-refractivity contribution in [2.45, 2.75) is 47.6 Å². The van der Waals surface area contributed by atoms with E-state index in [0.29, 0.717) is 5.92 Å². The Morgan fingerprint density at radius 1 is 1.35 bits per heavy atom. The van der Waals surface area contributed by atoms with Gasteiger partial charge in [-0.15, -0.1) is 0 Å². The Morgan fingerprint density at radius 3 is 2.47 bits per heavy atom. The van der Waals surface area contributed by atoms with Gasteiger partial charge >= 0.3 is 0 Å². The smallest absolute Gasteiger partial charge is 0.138 e. The molecule has 4 nitrogen and oxygen atoms in total. The number of aliphatic hydroxyl groups is 1. The molecule has 1 atom stereocenters. The Balaban J connectivity index is 2.76. The van der Waals surface area contributed by atoms with E-state index in [4.69, 9.17) is 0 Å². The predicted octanol–water partition coefficient (Wildman–Crippen LogP) is 2.13. The highest BCUT2D eigenvalue weighted by molar-refractivity contribution is 4.90. The molecular weight excluding hydrogens is 214 g/mol. The predicted molar refractivity (Wildman–Crippen MR) is 68.6 cm³/mol. The molecule has 0 saturated heterocycles. The van der Waals surface area contributed by atoms with E-state index in [9.17, 15) is 5.11 Å². The lowest BCUT2D eigenvalue weighted by molar-refractivity contribution is 0.128. The molecule has 0 aliphatic carbocycles. The fourth-order valence-electron chi connectivity index (χ4n) is 1.81. The molecule has 0 aromatic carbocycles. The first-order valence-electron chi connectivity index (χ1n) is 6.32. The van der Waals surface area contributed by atoms with Crippen molar-refractivity contribution in [2.75, 3.05) is 6.61 Å². The summed E-state index contributed by atoms with van der Waals surface area (Å²) in [6.45, 7) is 11.9. The molecule has 0 amide bonds. The van der Waals surface area contributed by atoms with Gasteiger partial charge in [0.15, 0.2) is 0 Å². The third-order valence-electron chi connectivity index (χ3n) is 3.11. The molecular formula is C13H25N3O. The van der Waals surface area contributed by atoms with Gasteiger partial charge in [-0.05, 0) is 17.3 Å². The molecule has 1 aromatic rings. The van der Waals surface area contributed by atoms with Crippen LogP contribution in [-0.4, -0.2) is 26.5 Å². The van der Waals surface area contributed by atoms with Crippen LogP contribution < -0.4 is 0 Å². The standard InChI is InChI=1S/C13H25N3O/c1-10(2)7-16-12(14-9-15-16)6-11(8-17)13(3,4)5/h9-11,17H,6-8H2,1-5H3. The van der Waals surface area contributed by atoms with Gasteiger partial charge in [-0.3, -0.25) is 0 Å². The average Bonchev–Trinajstić information content (AvgIpc) is 2.59. The van der Waals surface area contributed by atoms with E-state index in [0.717, 1.165) is 18.8 Å². The van der Waals surface area contributed by atoms with E-state index in [1.165, 1.54) is 0 Å². The molecule has 1 unspecified atom stereocenters. The summed E-state index contributed by atoms with van der Waals surface area (Å²) in [6.07, 6.45) is 2.39. The summed E-state index contributed by atoms with van der Waals surface area (Å²) in [5, 5.41) is 13.7. The van der Waals surface area contributed by atoms with E-state index < -0.39 is 0 Å². The zero-order valence-corrected chi connectivity index (χ0v) is 11.6. The van der Waals surface area contributed by atoms with Crippen LogP contribution in [0.1, 0.15) is 40.4 Å². The molecule has 1 rings (SSSR count). The monoisotopic (exact) mass is 239 g/mol. The van der Waals surface area contributed by atoms with Gasteiger partial charge in [0.05, 0.1) is 0 Å². The maximum atomic E-state index is 9.48.